The average molecular weight is 263 g/mol. The van der Waals surface area contributed by atoms with Gasteiger partial charge in [-0.25, -0.2) is 0 Å². The number of hydrogen-bond donors (Lipinski definition) is 0. The molecule has 19 heavy (non-hydrogen) atoms. The molecule has 1 unspecified atom stereocenters. The molecule has 1 aliphatic heterocycles. The minimum Gasteiger partial charge on any atom is -0.275 e. The van der Waals surface area contributed by atoms with Crippen molar-refractivity contribution in [2.24, 2.45) is 11.8 Å². The van der Waals surface area contributed by atoms with Crippen LogP contribution >= 0.6 is 0 Å². The molecule has 3 nitrogen and oxygen atoms in total. The summed E-state index contributed by atoms with van der Waals surface area (Å²) >= 11 is 0. The third-order valence-corrected chi connectivity index (χ3v) is 4.58. The largest absolute Gasteiger partial charge is 0.275 e. The fraction of sp³-hybridized carbons (Fsp3) is 0.750. The van der Waals surface area contributed by atoms with E-state index in [9.17, 15) is 9.59 Å². The molecule has 0 aromatic rings. The molecule has 3 heteroatoms. The maximum absolute atomic E-state index is 11.6. The van der Waals surface area contributed by atoms with Gasteiger partial charge in [0.15, 0.2) is 0 Å². The van der Waals surface area contributed by atoms with Gasteiger partial charge in [-0.2, -0.15) is 0 Å². The van der Waals surface area contributed by atoms with E-state index < -0.39 is 0 Å². The highest BCUT2D eigenvalue weighted by Gasteiger charge is 2.27. The molecule has 1 saturated carbocycles. The standard InChI is InChI=1S/C16H25NO2/c1-13(12-17-15(18)10-11-16(17)19)14-8-6-4-2-3-5-7-9-14/h10-11,13-14H,2-9,12H2,1H3. The van der Waals surface area contributed by atoms with Gasteiger partial charge in [0, 0.05) is 18.7 Å². The van der Waals surface area contributed by atoms with Crippen LogP contribution in [-0.2, 0) is 9.59 Å². The summed E-state index contributed by atoms with van der Waals surface area (Å²) < 4.78 is 0. The highest BCUT2D eigenvalue weighted by molar-refractivity contribution is 6.12. The number of amides is 2. The van der Waals surface area contributed by atoms with Crippen LogP contribution in [0.4, 0.5) is 0 Å². The second-order valence-electron chi connectivity index (χ2n) is 6.06. The lowest BCUT2D eigenvalue weighted by Gasteiger charge is -2.27. The molecule has 1 atom stereocenters. The molecule has 0 bridgehead atoms. The molecule has 0 aromatic heterocycles. The minimum atomic E-state index is -0.139. The molecule has 0 N–H and O–H groups in total. The van der Waals surface area contributed by atoms with Crippen molar-refractivity contribution in [3.05, 3.63) is 12.2 Å². The van der Waals surface area contributed by atoms with E-state index in [4.69, 9.17) is 0 Å². The highest BCUT2D eigenvalue weighted by atomic mass is 16.2. The van der Waals surface area contributed by atoms with Crippen molar-refractivity contribution >= 4 is 11.8 Å². The van der Waals surface area contributed by atoms with Gasteiger partial charge >= 0.3 is 0 Å². The summed E-state index contributed by atoms with van der Waals surface area (Å²) in [4.78, 5) is 24.6. The molecule has 0 spiro atoms. The SMILES string of the molecule is CC(CN1C(=O)C=CC1=O)C1CCCCCCCC1. The van der Waals surface area contributed by atoms with Gasteiger partial charge in [-0.1, -0.05) is 58.3 Å². The molecule has 1 aliphatic carbocycles. The van der Waals surface area contributed by atoms with E-state index in [1.165, 1.54) is 68.4 Å². The first-order chi connectivity index (χ1) is 9.18. The van der Waals surface area contributed by atoms with Crippen LogP contribution in [0.3, 0.4) is 0 Å². The van der Waals surface area contributed by atoms with E-state index in [-0.39, 0.29) is 11.8 Å². The Morgan fingerprint density at radius 1 is 1.00 bits per heavy atom. The zero-order chi connectivity index (χ0) is 13.7. The smallest absolute Gasteiger partial charge is 0.253 e. The molecular formula is C16H25NO2. The number of nitrogens with zero attached hydrogens (tertiary/aromatic N) is 1. The van der Waals surface area contributed by atoms with Crippen molar-refractivity contribution in [1.82, 2.24) is 4.90 Å². The summed E-state index contributed by atoms with van der Waals surface area (Å²) in [5, 5.41) is 0. The van der Waals surface area contributed by atoms with Crippen molar-refractivity contribution < 1.29 is 9.59 Å². The predicted molar refractivity (Wildman–Crippen MR) is 75.5 cm³/mol. The van der Waals surface area contributed by atoms with Crippen LogP contribution in [0.2, 0.25) is 0 Å². The monoisotopic (exact) mass is 263 g/mol. The van der Waals surface area contributed by atoms with Crippen molar-refractivity contribution in [2.45, 2.75) is 58.3 Å². The number of carbonyl (C=O) groups is 2. The molecule has 0 radical (unpaired) electrons. The van der Waals surface area contributed by atoms with Crippen LogP contribution in [0.15, 0.2) is 12.2 Å². The Morgan fingerprint density at radius 3 is 2.00 bits per heavy atom. The highest BCUT2D eigenvalue weighted by Crippen LogP contribution is 2.28. The summed E-state index contributed by atoms with van der Waals surface area (Å²) in [6.45, 7) is 2.79. The summed E-state index contributed by atoms with van der Waals surface area (Å²) in [6, 6.07) is 0. The third-order valence-electron chi connectivity index (χ3n) is 4.58. The third kappa shape index (κ3) is 3.92. The molecule has 1 heterocycles. The molecule has 0 saturated heterocycles. The summed E-state index contributed by atoms with van der Waals surface area (Å²) in [5.74, 6) is 0.810. The van der Waals surface area contributed by atoms with E-state index >= 15 is 0 Å². The molecular weight excluding hydrogens is 238 g/mol. The van der Waals surface area contributed by atoms with Crippen LogP contribution in [0.5, 0.6) is 0 Å². The Bertz CT molecular complexity index is 334. The van der Waals surface area contributed by atoms with Crippen molar-refractivity contribution in [3.8, 4) is 0 Å². The van der Waals surface area contributed by atoms with Gasteiger partial charge < -0.3 is 0 Å². The Hall–Kier alpha value is -1.12. The Balaban J connectivity index is 1.88. The maximum Gasteiger partial charge on any atom is 0.253 e. The second kappa shape index (κ2) is 6.88. The first kappa shape index (κ1) is 14.3. The van der Waals surface area contributed by atoms with E-state index in [0.717, 1.165) is 0 Å². The zero-order valence-corrected chi connectivity index (χ0v) is 11.9. The van der Waals surface area contributed by atoms with Crippen LogP contribution in [-0.4, -0.2) is 23.3 Å². The van der Waals surface area contributed by atoms with E-state index in [1.807, 2.05) is 0 Å². The van der Waals surface area contributed by atoms with Crippen molar-refractivity contribution in [3.63, 3.8) is 0 Å². The van der Waals surface area contributed by atoms with Gasteiger partial charge in [0.2, 0.25) is 0 Å². The van der Waals surface area contributed by atoms with Gasteiger partial charge in [-0.05, 0) is 11.8 Å². The van der Waals surface area contributed by atoms with Gasteiger partial charge in [0.05, 0.1) is 0 Å². The van der Waals surface area contributed by atoms with Crippen LogP contribution in [0.1, 0.15) is 58.3 Å². The molecule has 1 fully saturated rings. The van der Waals surface area contributed by atoms with Gasteiger partial charge in [-0.15, -0.1) is 0 Å². The quantitative estimate of drug-likeness (QED) is 0.733. The maximum atomic E-state index is 11.6. The van der Waals surface area contributed by atoms with Gasteiger partial charge in [-0.3, -0.25) is 14.5 Å². The van der Waals surface area contributed by atoms with Gasteiger partial charge in [0.25, 0.3) is 11.8 Å². The van der Waals surface area contributed by atoms with E-state index in [2.05, 4.69) is 6.92 Å². The molecule has 0 aromatic carbocycles. The fourth-order valence-electron chi connectivity index (χ4n) is 3.28. The Kier molecular flexibility index (Phi) is 5.17. The first-order valence-corrected chi connectivity index (χ1v) is 7.72. The predicted octanol–water partition coefficient (Wildman–Crippen LogP) is 3.30. The van der Waals surface area contributed by atoms with Crippen molar-refractivity contribution in [2.75, 3.05) is 6.54 Å². The molecule has 2 amide bonds. The number of imide groups is 1. The lowest BCUT2D eigenvalue weighted by atomic mass is 9.85. The fourth-order valence-corrected chi connectivity index (χ4v) is 3.28. The van der Waals surface area contributed by atoms with E-state index in [1.54, 1.807) is 0 Å². The Morgan fingerprint density at radius 2 is 1.47 bits per heavy atom. The minimum absolute atomic E-state index is 0.139. The zero-order valence-electron chi connectivity index (χ0n) is 11.9. The number of rotatable bonds is 3. The van der Waals surface area contributed by atoms with Gasteiger partial charge in [0.1, 0.15) is 0 Å². The average Bonchev–Trinajstić information content (AvgIpc) is 2.78. The first-order valence-electron chi connectivity index (χ1n) is 7.72. The number of carbonyl (C=O) groups excluding carboxylic acids is 2. The molecule has 2 aliphatic rings. The lowest BCUT2D eigenvalue weighted by molar-refractivity contribution is -0.137. The topological polar surface area (TPSA) is 37.4 Å². The summed E-state index contributed by atoms with van der Waals surface area (Å²) in [6.07, 6.45) is 13.3. The summed E-state index contributed by atoms with van der Waals surface area (Å²) in [7, 11) is 0. The molecule has 2 rings (SSSR count). The summed E-state index contributed by atoms with van der Waals surface area (Å²) in [5.41, 5.74) is 0. The van der Waals surface area contributed by atoms with Crippen LogP contribution < -0.4 is 0 Å². The molecule has 106 valence electrons. The Labute approximate surface area is 116 Å². The van der Waals surface area contributed by atoms with Crippen molar-refractivity contribution in [1.29, 1.82) is 0 Å². The number of hydrogen-bond acceptors (Lipinski definition) is 2. The lowest BCUT2D eigenvalue weighted by Crippen LogP contribution is -2.36. The van der Waals surface area contributed by atoms with Crippen LogP contribution in [0, 0.1) is 11.8 Å². The van der Waals surface area contributed by atoms with Crippen LogP contribution in [0.25, 0.3) is 0 Å². The normalized spacial score (nSPS) is 24.2. The second-order valence-corrected chi connectivity index (χ2v) is 6.06. The van der Waals surface area contributed by atoms with E-state index in [0.29, 0.717) is 18.4 Å².